The van der Waals surface area contributed by atoms with Crippen LogP contribution in [0.4, 0.5) is 18.9 Å². The molecule has 1 aromatic heterocycles. The molecule has 192 valence electrons. The van der Waals surface area contributed by atoms with Gasteiger partial charge in [-0.15, -0.1) is 0 Å². The normalized spacial score (nSPS) is 13.7. The molecule has 1 aromatic carbocycles. The van der Waals surface area contributed by atoms with E-state index in [1.54, 1.807) is 4.57 Å². The van der Waals surface area contributed by atoms with Crippen molar-refractivity contribution < 1.29 is 18.0 Å². The Bertz CT molecular complexity index is 1100. The van der Waals surface area contributed by atoms with E-state index in [2.05, 4.69) is 29.0 Å². The zero-order chi connectivity index (χ0) is 25.6. The Morgan fingerprint density at radius 3 is 2.63 bits per heavy atom. The van der Waals surface area contributed by atoms with E-state index in [-0.39, 0.29) is 22.2 Å². The lowest BCUT2D eigenvalue weighted by molar-refractivity contribution is -0.137. The van der Waals surface area contributed by atoms with Crippen molar-refractivity contribution in [2.75, 3.05) is 30.7 Å². The van der Waals surface area contributed by atoms with Crippen LogP contribution in [0.1, 0.15) is 49.9 Å². The highest BCUT2D eigenvalue weighted by atomic mass is 35.5. The zero-order valence-electron chi connectivity index (χ0n) is 19.9. The van der Waals surface area contributed by atoms with Crippen LogP contribution in [0.15, 0.2) is 28.0 Å². The van der Waals surface area contributed by atoms with Crippen molar-refractivity contribution in [1.82, 2.24) is 14.5 Å². The number of alkyl halides is 3. The van der Waals surface area contributed by atoms with Crippen LogP contribution in [-0.4, -0.2) is 45.7 Å². The van der Waals surface area contributed by atoms with E-state index in [9.17, 15) is 22.8 Å². The second-order valence-electron chi connectivity index (χ2n) is 8.39. The van der Waals surface area contributed by atoms with Gasteiger partial charge >= 0.3 is 11.9 Å². The van der Waals surface area contributed by atoms with Gasteiger partial charge in [0.1, 0.15) is 5.03 Å². The number of thioether (sulfide) groups is 1. The summed E-state index contributed by atoms with van der Waals surface area (Å²) < 4.78 is 40.7. The molecule has 0 fully saturated rings. The predicted octanol–water partition coefficient (Wildman–Crippen LogP) is 5.26. The molecule has 1 amide bonds. The number of anilines is 1. The molecule has 3 rings (SSSR count). The van der Waals surface area contributed by atoms with E-state index in [4.69, 9.17) is 11.6 Å². The molecule has 0 spiro atoms. The van der Waals surface area contributed by atoms with Crippen molar-refractivity contribution in [3.05, 3.63) is 50.5 Å². The number of carbonyl (C=O) groups is 1. The molecule has 11 heteroatoms. The number of rotatable bonds is 10. The van der Waals surface area contributed by atoms with Crippen molar-refractivity contribution in [2.24, 2.45) is 0 Å². The van der Waals surface area contributed by atoms with Gasteiger partial charge in [0, 0.05) is 17.8 Å². The Morgan fingerprint density at radius 1 is 1.23 bits per heavy atom. The van der Waals surface area contributed by atoms with Crippen LogP contribution in [0.5, 0.6) is 0 Å². The van der Waals surface area contributed by atoms with Crippen LogP contribution in [0.3, 0.4) is 0 Å². The first-order chi connectivity index (χ1) is 16.6. The molecule has 6 nitrogen and oxygen atoms in total. The summed E-state index contributed by atoms with van der Waals surface area (Å²) >= 11 is 7.10. The smallest absolute Gasteiger partial charge is 0.324 e. The number of carbonyl (C=O) groups excluding carboxylic acids is 1. The van der Waals surface area contributed by atoms with Crippen LogP contribution in [0, 0.1) is 0 Å². The monoisotopic (exact) mass is 530 g/mol. The fraction of sp³-hybridized carbons (Fsp3) is 0.542. The average Bonchev–Trinajstić information content (AvgIpc) is 2.82. The summed E-state index contributed by atoms with van der Waals surface area (Å²) in [7, 11) is 0. The van der Waals surface area contributed by atoms with Gasteiger partial charge in [0.05, 0.1) is 22.0 Å². The highest BCUT2D eigenvalue weighted by molar-refractivity contribution is 8.00. The van der Waals surface area contributed by atoms with Crippen LogP contribution in [-0.2, 0) is 30.4 Å². The van der Waals surface area contributed by atoms with E-state index in [0.717, 1.165) is 93.0 Å². The topological polar surface area (TPSA) is 67.2 Å². The maximum Gasteiger partial charge on any atom is 0.416 e. The van der Waals surface area contributed by atoms with E-state index in [0.29, 0.717) is 11.6 Å². The molecule has 1 heterocycles. The van der Waals surface area contributed by atoms with Crippen molar-refractivity contribution in [3.8, 4) is 0 Å². The summed E-state index contributed by atoms with van der Waals surface area (Å²) in [6.45, 7) is 7.66. The highest BCUT2D eigenvalue weighted by Crippen LogP contribution is 2.34. The molecule has 1 aliphatic carbocycles. The molecule has 0 aliphatic heterocycles. The fourth-order valence-corrected chi connectivity index (χ4v) is 5.25. The molecule has 0 saturated heterocycles. The van der Waals surface area contributed by atoms with Gasteiger partial charge in [-0.25, -0.2) is 4.79 Å². The first-order valence-corrected chi connectivity index (χ1v) is 13.1. The van der Waals surface area contributed by atoms with Gasteiger partial charge in [-0.05, 0) is 69.9 Å². The Labute approximate surface area is 212 Å². The number of hydrogen-bond donors (Lipinski definition) is 1. The van der Waals surface area contributed by atoms with Crippen LogP contribution in [0.25, 0.3) is 0 Å². The van der Waals surface area contributed by atoms with Gasteiger partial charge in [0.2, 0.25) is 5.91 Å². The Kier molecular flexibility index (Phi) is 9.66. The quantitative estimate of drug-likeness (QED) is 0.335. The number of amides is 1. The Balaban J connectivity index is 1.71. The number of halogens is 4. The molecule has 0 unspecified atom stereocenters. The van der Waals surface area contributed by atoms with Gasteiger partial charge in [0.25, 0.3) is 0 Å². The summed E-state index contributed by atoms with van der Waals surface area (Å²) in [6.07, 6.45) is -0.156. The molecular formula is C24H30ClF3N4O2S. The Morgan fingerprint density at radius 2 is 1.94 bits per heavy atom. The van der Waals surface area contributed by atoms with Crippen molar-refractivity contribution in [2.45, 2.75) is 63.7 Å². The number of nitrogens with one attached hydrogen (secondary N) is 1. The van der Waals surface area contributed by atoms with E-state index in [1.807, 2.05) is 0 Å². The third-order valence-corrected chi connectivity index (χ3v) is 7.46. The number of benzene rings is 1. The zero-order valence-corrected chi connectivity index (χ0v) is 21.5. The molecule has 0 atom stereocenters. The second kappa shape index (κ2) is 12.3. The standard InChI is InChI=1S/C24H30ClF3N4O2S/c1-3-31(4-2)12-7-13-32-20-9-6-5-8-17(20)22(30-23(32)34)35-15-21(33)29-19-14-16(24(26,27)28)10-11-18(19)25/h10-11,14H,3-9,12-13,15H2,1-2H3,(H,29,33). The second-order valence-corrected chi connectivity index (χ2v) is 9.76. The third kappa shape index (κ3) is 7.24. The first-order valence-electron chi connectivity index (χ1n) is 11.8. The number of nitrogens with zero attached hydrogens (tertiary/aromatic N) is 3. The lowest BCUT2D eigenvalue weighted by Crippen LogP contribution is -2.32. The maximum absolute atomic E-state index is 13.0. The lowest BCUT2D eigenvalue weighted by atomic mass is 9.97. The lowest BCUT2D eigenvalue weighted by Gasteiger charge is -2.24. The van der Waals surface area contributed by atoms with Crippen molar-refractivity contribution >= 4 is 35.0 Å². The van der Waals surface area contributed by atoms with Gasteiger partial charge in [-0.3, -0.25) is 9.36 Å². The van der Waals surface area contributed by atoms with Gasteiger partial charge < -0.3 is 10.2 Å². The first kappa shape index (κ1) is 27.5. The number of hydrogen-bond acceptors (Lipinski definition) is 5. The summed E-state index contributed by atoms with van der Waals surface area (Å²) in [4.78, 5) is 31.9. The van der Waals surface area contributed by atoms with Gasteiger partial charge in [0.15, 0.2) is 0 Å². The maximum atomic E-state index is 13.0. The predicted molar refractivity (Wildman–Crippen MR) is 133 cm³/mol. The molecule has 0 radical (unpaired) electrons. The Hall–Kier alpha value is -2.04. The van der Waals surface area contributed by atoms with Crippen LogP contribution in [0.2, 0.25) is 5.02 Å². The van der Waals surface area contributed by atoms with Crippen molar-refractivity contribution in [3.63, 3.8) is 0 Å². The van der Waals surface area contributed by atoms with Gasteiger partial charge in [-0.1, -0.05) is 37.2 Å². The minimum atomic E-state index is -4.54. The van der Waals surface area contributed by atoms with Crippen molar-refractivity contribution in [1.29, 1.82) is 0 Å². The van der Waals surface area contributed by atoms with Crippen LogP contribution < -0.4 is 11.0 Å². The highest BCUT2D eigenvalue weighted by Gasteiger charge is 2.31. The average molecular weight is 531 g/mol. The van der Waals surface area contributed by atoms with E-state index >= 15 is 0 Å². The molecule has 0 saturated carbocycles. The summed E-state index contributed by atoms with van der Waals surface area (Å²) in [6, 6.07) is 2.77. The van der Waals surface area contributed by atoms with Crippen LogP contribution >= 0.6 is 23.4 Å². The summed E-state index contributed by atoms with van der Waals surface area (Å²) in [5, 5.41) is 2.98. The third-order valence-electron chi connectivity index (χ3n) is 6.11. The molecular weight excluding hydrogens is 501 g/mol. The van der Waals surface area contributed by atoms with E-state index in [1.165, 1.54) is 0 Å². The molecule has 2 aromatic rings. The molecule has 0 bridgehead atoms. The fourth-order valence-electron chi connectivity index (χ4n) is 4.21. The minimum Gasteiger partial charge on any atom is -0.324 e. The summed E-state index contributed by atoms with van der Waals surface area (Å²) in [5.74, 6) is -0.622. The molecule has 1 N–H and O–H groups in total. The number of aromatic nitrogens is 2. The minimum absolute atomic E-state index is 0.0131. The number of fused-ring (bicyclic) bond motifs is 1. The molecule has 1 aliphatic rings. The largest absolute Gasteiger partial charge is 0.416 e. The molecule has 35 heavy (non-hydrogen) atoms. The van der Waals surface area contributed by atoms with E-state index < -0.39 is 17.6 Å². The SMILES string of the molecule is CCN(CC)CCCn1c2c(c(SCC(=O)Nc3cc(C(F)(F)F)ccc3Cl)nc1=O)CCCC2. The summed E-state index contributed by atoms with van der Waals surface area (Å²) in [5.41, 5.74) is 0.651. The van der Waals surface area contributed by atoms with Gasteiger partial charge in [-0.2, -0.15) is 18.2 Å².